The van der Waals surface area contributed by atoms with Crippen LogP contribution >= 0.6 is 0 Å². The molecule has 1 heterocycles. The average Bonchev–Trinajstić information content (AvgIpc) is 3.00. The van der Waals surface area contributed by atoms with E-state index in [1.165, 1.54) is 10.7 Å². The molecule has 8 heteroatoms. The number of sulfonamides is 1. The van der Waals surface area contributed by atoms with E-state index >= 15 is 0 Å². The highest BCUT2D eigenvalue weighted by Gasteiger charge is 2.33. The van der Waals surface area contributed by atoms with Gasteiger partial charge in [0.2, 0.25) is 5.91 Å². The van der Waals surface area contributed by atoms with Gasteiger partial charge in [0.15, 0.2) is 0 Å². The molecular weight excluding hydrogens is 424 g/mol. The predicted octanol–water partition coefficient (Wildman–Crippen LogP) is 4.05. The van der Waals surface area contributed by atoms with Crippen LogP contribution in [0.2, 0.25) is 0 Å². The second-order valence-corrected chi connectivity index (χ2v) is 11.1. The molecule has 176 valence electrons. The van der Waals surface area contributed by atoms with Crippen molar-refractivity contribution in [3.8, 4) is 0 Å². The van der Waals surface area contributed by atoms with Crippen molar-refractivity contribution >= 4 is 21.6 Å². The molecular formula is C24H36N4O3S. The maximum absolute atomic E-state index is 13.8. The standard InChI is InChI=1S/C24H36N4O3S/c1-16(2)20-11-13-21(14-12-20)28(15-23(29)25-22-10-8-7-9-17(22)3)32(30,31)24-18(4)26-27(6)19(24)5/h11-14,16-17,22H,7-10,15H2,1-6H3,(H,25,29)/t17-,22-/m0/s1. The van der Waals surface area contributed by atoms with Crippen LogP contribution in [-0.4, -0.2) is 36.7 Å². The summed E-state index contributed by atoms with van der Waals surface area (Å²) in [7, 11) is -2.27. The molecule has 7 nitrogen and oxygen atoms in total. The smallest absolute Gasteiger partial charge is 0.268 e. The quantitative estimate of drug-likeness (QED) is 0.676. The van der Waals surface area contributed by atoms with E-state index in [4.69, 9.17) is 0 Å². The van der Waals surface area contributed by atoms with Crippen molar-refractivity contribution in [3.63, 3.8) is 0 Å². The summed E-state index contributed by atoms with van der Waals surface area (Å²) in [5.41, 5.74) is 2.56. The fourth-order valence-electron chi connectivity index (χ4n) is 4.49. The van der Waals surface area contributed by atoms with Crippen molar-refractivity contribution in [2.24, 2.45) is 13.0 Å². The minimum absolute atomic E-state index is 0.0889. The molecule has 1 saturated carbocycles. The lowest BCUT2D eigenvalue weighted by molar-refractivity contribution is -0.120. The molecule has 1 fully saturated rings. The zero-order chi connectivity index (χ0) is 23.6. The fourth-order valence-corrected chi connectivity index (χ4v) is 6.32. The SMILES string of the molecule is Cc1nn(C)c(C)c1S(=O)(=O)N(CC(=O)N[C@H]1CCCC[C@@H]1C)c1ccc(C(C)C)cc1. The van der Waals surface area contributed by atoms with E-state index in [9.17, 15) is 13.2 Å². The predicted molar refractivity (Wildman–Crippen MR) is 127 cm³/mol. The molecule has 0 saturated heterocycles. The third-order valence-corrected chi connectivity index (χ3v) is 8.61. The Kier molecular flexibility index (Phi) is 7.32. The Morgan fingerprint density at radius 2 is 1.81 bits per heavy atom. The molecule has 1 aliphatic carbocycles. The number of carbonyl (C=O) groups is 1. The van der Waals surface area contributed by atoms with E-state index in [2.05, 4.69) is 31.2 Å². The molecule has 0 unspecified atom stereocenters. The summed E-state index contributed by atoms with van der Waals surface area (Å²) in [6.07, 6.45) is 4.28. The molecule has 1 aliphatic rings. The lowest BCUT2D eigenvalue weighted by Crippen LogP contribution is -2.47. The normalized spacial score (nSPS) is 19.2. The average molecular weight is 461 g/mol. The molecule has 1 amide bonds. The number of rotatable bonds is 7. The Hall–Kier alpha value is -2.35. The van der Waals surface area contributed by atoms with Gasteiger partial charge in [-0.1, -0.05) is 45.7 Å². The minimum Gasteiger partial charge on any atom is -0.352 e. The van der Waals surface area contributed by atoms with Crippen molar-refractivity contribution < 1.29 is 13.2 Å². The largest absolute Gasteiger partial charge is 0.352 e. The first-order chi connectivity index (χ1) is 15.0. The van der Waals surface area contributed by atoms with Gasteiger partial charge in [0.25, 0.3) is 10.0 Å². The molecule has 0 spiro atoms. The summed E-state index contributed by atoms with van der Waals surface area (Å²) in [4.78, 5) is 13.2. The van der Waals surface area contributed by atoms with Gasteiger partial charge in [-0.15, -0.1) is 0 Å². The molecule has 1 aromatic carbocycles. The summed E-state index contributed by atoms with van der Waals surface area (Å²) in [6.45, 7) is 9.47. The van der Waals surface area contributed by atoms with Crippen LogP contribution in [0.15, 0.2) is 29.2 Å². The first-order valence-corrected chi connectivity index (χ1v) is 12.9. The fraction of sp³-hybridized carbons (Fsp3) is 0.583. The lowest BCUT2D eigenvalue weighted by Gasteiger charge is -2.31. The van der Waals surface area contributed by atoms with Crippen molar-refractivity contribution in [2.45, 2.75) is 77.2 Å². The Bertz CT molecular complexity index is 1060. The molecule has 2 atom stereocenters. The molecule has 1 aromatic heterocycles. The summed E-state index contributed by atoms with van der Waals surface area (Å²) < 4.78 is 30.4. The second kappa shape index (κ2) is 9.65. The molecule has 32 heavy (non-hydrogen) atoms. The number of benzene rings is 1. The molecule has 0 radical (unpaired) electrons. The van der Waals surface area contributed by atoms with Crippen LogP contribution in [-0.2, 0) is 21.9 Å². The molecule has 2 aromatic rings. The van der Waals surface area contributed by atoms with Gasteiger partial charge < -0.3 is 5.32 Å². The zero-order valence-electron chi connectivity index (χ0n) is 20.1. The highest BCUT2D eigenvalue weighted by molar-refractivity contribution is 7.93. The summed E-state index contributed by atoms with van der Waals surface area (Å²) in [5.74, 6) is 0.443. The Morgan fingerprint density at radius 1 is 1.19 bits per heavy atom. The van der Waals surface area contributed by atoms with Gasteiger partial charge in [-0.25, -0.2) is 8.42 Å². The van der Waals surface area contributed by atoms with Gasteiger partial charge in [-0.2, -0.15) is 5.10 Å². The highest BCUT2D eigenvalue weighted by Crippen LogP contribution is 2.29. The number of hydrogen-bond donors (Lipinski definition) is 1. The van der Waals surface area contributed by atoms with Crippen molar-refractivity contribution in [3.05, 3.63) is 41.2 Å². The first kappa shape index (κ1) is 24.3. The van der Waals surface area contributed by atoms with Crippen molar-refractivity contribution in [2.75, 3.05) is 10.8 Å². The van der Waals surface area contributed by atoms with E-state index in [1.807, 2.05) is 12.1 Å². The maximum Gasteiger partial charge on any atom is 0.268 e. The van der Waals surface area contributed by atoms with Crippen LogP contribution < -0.4 is 9.62 Å². The number of anilines is 1. The van der Waals surface area contributed by atoms with E-state index < -0.39 is 10.0 Å². The Labute approximate surface area is 192 Å². The molecule has 0 aliphatic heterocycles. The van der Waals surface area contributed by atoms with Crippen LogP contribution in [0.3, 0.4) is 0 Å². The van der Waals surface area contributed by atoms with Crippen molar-refractivity contribution in [1.82, 2.24) is 15.1 Å². The summed E-state index contributed by atoms with van der Waals surface area (Å²) in [5, 5.41) is 7.37. The highest BCUT2D eigenvalue weighted by atomic mass is 32.2. The molecule has 0 bridgehead atoms. The molecule has 1 N–H and O–H groups in total. The van der Waals surface area contributed by atoms with Gasteiger partial charge in [-0.05, 0) is 56.2 Å². The van der Waals surface area contributed by atoms with E-state index in [0.29, 0.717) is 28.9 Å². The first-order valence-electron chi connectivity index (χ1n) is 11.4. The third-order valence-electron chi connectivity index (χ3n) is 6.58. The van der Waals surface area contributed by atoms with Crippen LogP contribution in [0.1, 0.15) is 69.3 Å². The summed E-state index contributed by atoms with van der Waals surface area (Å²) in [6, 6.07) is 7.50. The second-order valence-electron chi connectivity index (χ2n) is 9.32. The third kappa shape index (κ3) is 5.00. The van der Waals surface area contributed by atoms with Crippen LogP contribution in [0.4, 0.5) is 5.69 Å². The van der Waals surface area contributed by atoms with Gasteiger partial charge in [-0.3, -0.25) is 13.8 Å². The van der Waals surface area contributed by atoms with E-state index in [-0.39, 0.29) is 23.4 Å². The number of carbonyl (C=O) groups excluding carboxylic acids is 1. The van der Waals surface area contributed by atoms with Crippen LogP contribution in [0.5, 0.6) is 0 Å². The van der Waals surface area contributed by atoms with Gasteiger partial charge >= 0.3 is 0 Å². The summed E-state index contributed by atoms with van der Waals surface area (Å²) >= 11 is 0. The van der Waals surface area contributed by atoms with Crippen LogP contribution in [0, 0.1) is 19.8 Å². The number of aryl methyl sites for hydroxylation is 2. The van der Waals surface area contributed by atoms with Gasteiger partial charge in [0.1, 0.15) is 11.4 Å². The number of nitrogens with one attached hydrogen (secondary N) is 1. The Balaban J connectivity index is 1.96. The van der Waals surface area contributed by atoms with Crippen molar-refractivity contribution in [1.29, 1.82) is 0 Å². The van der Waals surface area contributed by atoms with Crippen LogP contribution in [0.25, 0.3) is 0 Å². The number of aromatic nitrogens is 2. The number of amides is 1. The topological polar surface area (TPSA) is 84.3 Å². The zero-order valence-corrected chi connectivity index (χ0v) is 20.9. The van der Waals surface area contributed by atoms with E-state index in [0.717, 1.165) is 24.8 Å². The van der Waals surface area contributed by atoms with E-state index in [1.54, 1.807) is 37.7 Å². The number of nitrogens with zero attached hydrogens (tertiary/aromatic N) is 3. The Morgan fingerprint density at radius 3 is 2.34 bits per heavy atom. The maximum atomic E-state index is 13.8. The lowest BCUT2D eigenvalue weighted by atomic mass is 9.86. The number of hydrogen-bond acceptors (Lipinski definition) is 4. The van der Waals surface area contributed by atoms with Gasteiger partial charge in [0.05, 0.1) is 17.1 Å². The molecule has 3 rings (SSSR count). The monoisotopic (exact) mass is 460 g/mol. The van der Waals surface area contributed by atoms with Gasteiger partial charge in [0, 0.05) is 13.1 Å². The minimum atomic E-state index is -3.99.